The summed E-state index contributed by atoms with van der Waals surface area (Å²) in [6.45, 7) is 7.86. The Morgan fingerprint density at radius 3 is 3.14 bits per heavy atom. The largest absolute Gasteiger partial charge is 0.445 e. The van der Waals surface area contributed by atoms with Gasteiger partial charge in [-0.1, -0.05) is 43.7 Å². The second kappa shape index (κ2) is 10.1. The number of rotatable bonds is 6. The van der Waals surface area contributed by atoms with Crippen LogP contribution in [0.25, 0.3) is 0 Å². The second-order valence-electron chi connectivity index (χ2n) is 7.28. The van der Waals surface area contributed by atoms with Crippen molar-refractivity contribution in [2.24, 2.45) is 4.99 Å². The topological polar surface area (TPSA) is 76.9 Å². The number of carbonyl (C=O) groups is 1. The Hall–Kier alpha value is -2.80. The lowest BCUT2D eigenvalue weighted by atomic mass is 10.0. The molecule has 7 heteroatoms. The van der Waals surface area contributed by atoms with Crippen LogP contribution in [-0.2, 0) is 16.1 Å². The first-order chi connectivity index (χ1) is 14.1. The predicted molar refractivity (Wildman–Crippen MR) is 112 cm³/mol. The van der Waals surface area contributed by atoms with Gasteiger partial charge in [0.25, 0.3) is 0 Å². The van der Waals surface area contributed by atoms with Crippen molar-refractivity contribution >= 4 is 18.0 Å². The number of nitrogens with zero attached hydrogens (tertiary/aromatic N) is 4. The van der Waals surface area contributed by atoms with Crippen LogP contribution < -0.4 is 0 Å². The average molecular weight is 396 g/mol. The molecule has 0 N–H and O–H groups in total. The summed E-state index contributed by atoms with van der Waals surface area (Å²) in [5, 5.41) is 0. The molecular weight excluding hydrogens is 368 g/mol. The number of ether oxygens (including phenoxy) is 2. The number of amides is 1. The molecule has 1 saturated heterocycles. The van der Waals surface area contributed by atoms with Crippen LogP contribution in [0.5, 0.6) is 0 Å². The summed E-state index contributed by atoms with van der Waals surface area (Å²) in [7, 11) is 0. The Morgan fingerprint density at radius 2 is 2.34 bits per heavy atom. The van der Waals surface area contributed by atoms with Gasteiger partial charge in [0, 0.05) is 18.7 Å². The van der Waals surface area contributed by atoms with Gasteiger partial charge in [0.15, 0.2) is 0 Å². The molecule has 29 heavy (non-hydrogen) atoms. The van der Waals surface area contributed by atoms with Crippen molar-refractivity contribution in [2.75, 3.05) is 19.7 Å². The van der Waals surface area contributed by atoms with Crippen LogP contribution in [0.4, 0.5) is 10.5 Å². The standard InChI is InChI=1S/C22H28N4O3/c1-4-17(3)21-20(12-23-15-25-21)24-11-19-13-26(8-9-28-19)22(27)29-14-18-7-5-6-16(2)10-18/h5-7,10-12,15,17,19H,4,8-9,13-14H2,1-3H3/t17?,19-/m1/s1. The fourth-order valence-corrected chi connectivity index (χ4v) is 3.14. The van der Waals surface area contributed by atoms with Gasteiger partial charge in [0.2, 0.25) is 0 Å². The highest BCUT2D eigenvalue weighted by Gasteiger charge is 2.24. The number of morpholine rings is 1. The van der Waals surface area contributed by atoms with Crippen molar-refractivity contribution in [1.29, 1.82) is 0 Å². The van der Waals surface area contributed by atoms with E-state index in [9.17, 15) is 4.79 Å². The number of carbonyl (C=O) groups excluding carboxylic acids is 1. The minimum Gasteiger partial charge on any atom is -0.445 e. The Labute approximate surface area is 171 Å². The van der Waals surface area contributed by atoms with E-state index in [0.717, 1.165) is 28.9 Å². The molecule has 1 aliphatic rings. The first-order valence-corrected chi connectivity index (χ1v) is 9.99. The molecule has 1 aliphatic heterocycles. The molecule has 2 atom stereocenters. The predicted octanol–water partition coefficient (Wildman–Crippen LogP) is 4.04. The number of benzene rings is 1. The maximum atomic E-state index is 12.4. The summed E-state index contributed by atoms with van der Waals surface area (Å²) in [6, 6.07) is 7.94. The monoisotopic (exact) mass is 396 g/mol. The maximum absolute atomic E-state index is 12.4. The minimum atomic E-state index is -0.337. The van der Waals surface area contributed by atoms with E-state index in [4.69, 9.17) is 9.47 Å². The quantitative estimate of drug-likeness (QED) is 0.689. The zero-order valence-corrected chi connectivity index (χ0v) is 17.2. The van der Waals surface area contributed by atoms with Crippen molar-refractivity contribution in [2.45, 2.75) is 45.8 Å². The number of aromatic nitrogens is 2. The highest BCUT2D eigenvalue weighted by Crippen LogP contribution is 2.25. The van der Waals surface area contributed by atoms with Gasteiger partial charge in [-0.2, -0.15) is 0 Å². The highest BCUT2D eigenvalue weighted by atomic mass is 16.6. The molecule has 0 radical (unpaired) electrons. The third kappa shape index (κ3) is 5.84. The molecular formula is C22H28N4O3. The van der Waals surface area contributed by atoms with Gasteiger partial charge < -0.3 is 14.4 Å². The Balaban J connectivity index is 1.58. The van der Waals surface area contributed by atoms with Crippen LogP contribution in [0.15, 0.2) is 41.8 Å². The molecule has 2 aromatic rings. The van der Waals surface area contributed by atoms with Crippen LogP contribution in [-0.4, -0.2) is 53.0 Å². The van der Waals surface area contributed by atoms with E-state index in [-0.39, 0.29) is 18.8 Å². The molecule has 1 aromatic carbocycles. The SMILES string of the molecule is CCC(C)c1ncncc1N=C[C@@H]1CN(C(=O)OCc2cccc(C)c2)CCO1. The van der Waals surface area contributed by atoms with Crippen molar-refractivity contribution in [3.8, 4) is 0 Å². The van der Waals surface area contributed by atoms with Gasteiger partial charge in [-0.25, -0.2) is 14.8 Å². The maximum Gasteiger partial charge on any atom is 0.410 e. The molecule has 1 fully saturated rings. The number of aryl methyl sites for hydroxylation is 1. The fourth-order valence-electron chi connectivity index (χ4n) is 3.14. The minimum absolute atomic E-state index is 0.260. The summed E-state index contributed by atoms with van der Waals surface area (Å²) >= 11 is 0. The number of aliphatic imine (C=N–C) groups is 1. The molecule has 0 aliphatic carbocycles. The zero-order valence-electron chi connectivity index (χ0n) is 17.2. The van der Waals surface area contributed by atoms with E-state index >= 15 is 0 Å². The first kappa shape index (κ1) is 20.9. The summed E-state index contributed by atoms with van der Waals surface area (Å²) in [5.41, 5.74) is 3.78. The van der Waals surface area contributed by atoms with Crippen LogP contribution >= 0.6 is 0 Å². The summed E-state index contributed by atoms with van der Waals surface area (Å²) in [6.07, 6.45) is 5.33. The molecule has 2 heterocycles. The molecule has 154 valence electrons. The zero-order chi connectivity index (χ0) is 20.6. The van der Waals surface area contributed by atoms with Gasteiger partial charge in [0.1, 0.15) is 24.7 Å². The van der Waals surface area contributed by atoms with Crippen molar-refractivity contribution in [3.05, 3.63) is 53.6 Å². The van der Waals surface area contributed by atoms with Crippen LogP contribution in [0.2, 0.25) is 0 Å². The summed E-state index contributed by atoms with van der Waals surface area (Å²) in [4.78, 5) is 27.1. The van der Waals surface area contributed by atoms with Crippen LogP contribution in [0.3, 0.4) is 0 Å². The van der Waals surface area contributed by atoms with E-state index in [1.807, 2.05) is 31.2 Å². The van der Waals surface area contributed by atoms with Gasteiger partial charge in [-0.3, -0.25) is 4.99 Å². The fraction of sp³-hybridized carbons (Fsp3) is 0.455. The Bertz CT molecular complexity index is 855. The third-order valence-electron chi connectivity index (χ3n) is 4.98. The van der Waals surface area contributed by atoms with Crippen molar-refractivity contribution in [1.82, 2.24) is 14.9 Å². The number of hydrogen-bond acceptors (Lipinski definition) is 6. The van der Waals surface area contributed by atoms with E-state index in [0.29, 0.717) is 25.6 Å². The van der Waals surface area contributed by atoms with E-state index in [2.05, 4.69) is 28.8 Å². The van der Waals surface area contributed by atoms with E-state index in [1.54, 1.807) is 23.6 Å². The van der Waals surface area contributed by atoms with Crippen molar-refractivity contribution < 1.29 is 14.3 Å². The molecule has 0 saturated carbocycles. The second-order valence-corrected chi connectivity index (χ2v) is 7.28. The lowest BCUT2D eigenvalue weighted by molar-refractivity contribution is 0.00330. The first-order valence-electron chi connectivity index (χ1n) is 9.99. The molecule has 0 spiro atoms. The number of hydrogen-bond donors (Lipinski definition) is 0. The van der Waals surface area contributed by atoms with Gasteiger partial charge >= 0.3 is 6.09 Å². The third-order valence-corrected chi connectivity index (χ3v) is 4.98. The van der Waals surface area contributed by atoms with Crippen molar-refractivity contribution in [3.63, 3.8) is 0 Å². The highest BCUT2D eigenvalue weighted by molar-refractivity contribution is 5.72. The average Bonchev–Trinajstić information content (AvgIpc) is 2.76. The van der Waals surface area contributed by atoms with Gasteiger partial charge in [-0.05, 0) is 18.9 Å². The molecule has 7 nitrogen and oxygen atoms in total. The molecule has 1 unspecified atom stereocenters. The van der Waals surface area contributed by atoms with Crippen LogP contribution in [0.1, 0.15) is 43.0 Å². The lowest BCUT2D eigenvalue weighted by Crippen LogP contribution is -2.46. The molecule has 3 rings (SSSR count). The normalized spacial score (nSPS) is 18.0. The van der Waals surface area contributed by atoms with E-state index < -0.39 is 0 Å². The Morgan fingerprint density at radius 1 is 1.48 bits per heavy atom. The van der Waals surface area contributed by atoms with Gasteiger partial charge in [0.05, 0.1) is 25.0 Å². The summed E-state index contributed by atoms with van der Waals surface area (Å²) in [5.74, 6) is 0.297. The van der Waals surface area contributed by atoms with Gasteiger partial charge in [-0.15, -0.1) is 0 Å². The van der Waals surface area contributed by atoms with Crippen LogP contribution in [0, 0.1) is 6.92 Å². The molecule has 1 amide bonds. The van der Waals surface area contributed by atoms with E-state index in [1.165, 1.54) is 0 Å². The molecule has 1 aromatic heterocycles. The lowest BCUT2D eigenvalue weighted by Gasteiger charge is -2.30. The Kier molecular flexibility index (Phi) is 7.30. The summed E-state index contributed by atoms with van der Waals surface area (Å²) < 4.78 is 11.2. The smallest absolute Gasteiger partial charge is 0.410 e. The molecule has 0 bridgehead atoms.